The van der Waals surface area contributed by atoms with E-state index >= 15 is 0 Å². The quantitative estimate of drug-likeness (QED) is 0.664. The molecular weight excluding hydrogens is 386 g/mol. The van der Waals surface area contributed by atoms with Crippen molar-refractivity contribution in [3.05, 3.63) is 41.1 Å². The van der Waals surface area contributed by atoms with E-state index < -0.39 is 0 Å². The zero-order chi connectivity index (χ0) is 21.6. The number of anilines is 2. The van der Waals surface area contributed by atoms with Crippen LogP contribution in [-0.4, -0.2) is 43.8 Å². The van der Waals surface area contributed by atoms with Crippen molar-refractivity contribution < 1.29 is 4.74 Å². The summed E-state index contributed by atoms with van der Waals surface area (Å²) in [5.41, 5.74) is 3.91. The zero-order valence-corrected chi connectivity index (χ0v) is 19.3. The van der Waals surface area contributed by atoms with E-state index in [1.54, 1.807) is 7.11 Å². The number of nitrogens with zero attached hydrogens (tertiary/aromatic N) is 3. The van der Waals surface area contributed by atoms with Gasteiger partial charge in [0, 0.05) is 32.2 Å². The second kappa shape index (κ2) is 10.3. The van der Waals surface area contributed by atoms with Crippen LogP contribution in [0.25, 0.3) is 0 Å². The monoisotopic (exact) mass is 423 g/mol. The summed E-state index contributed by atoms with van der Waals surface area (Å²) in [5.74, 6) is 3.59. The Kier molecular flexibility index (Phi) is 7.28. The Morgan fingerprint density at radius 3 is 2.45 bits per heavy atom. The van der Waals surface area contributed by atoms with Crippen molar-refractivity contribution in [1.82, 2.24) is 15.3 Å². The fraction of sp³-hybridized carbons (Fsp3) is 0.600. The van der Waals surface area contributed by atoms with Crippen molar-refractivity contribution in [3.63, 3.8) is 0 Å². The summed E-state index contributed by atoms with van der Waals surface area (Å²) in [6, 6.07) is 8.80. The van der Waals surface area contributed by atoms with Gasteiger partial charge in [-0.15, -0.1) is 0 Å². The fourth-order valence-electron chi connectivity index (χ4n) is 4.87. The molecule has 0 aliphatic heterocycles. The van der Waals surface area contributed by atoms with Crippen LogP contribution >= 0.6 is 0 Å². The predicted molar refractivity (Wildman–Crippen MR) is 127 cm³/mol. The highest BCUT2D eigenvalue weighted by Gasteiger charge is 2.23. The molecule has 0 amide bonds. The lowest BCUT2D eigenvalue weighted by atomic mass is 9.86. The number of hydrogen-bond acceptors (Lipinski definition) is 6. The molecule has 2 N–H and O–H groups in total. The first-order valence-corrected chi connectivity index (χ1v) is 11.8. The standard InChI is InChI=1S/C25H37N5O/c1-30(2)24-22-6-4-5-7-23(22)28-25(29-24)27-20-12-8-18(9-13-20)16-26-17-19-10-14-21(31-3)15-11-19/h10-11,14-15,18,20,26H,4-9,12-13,16-17H2,1-3H3,(H,27,28,29). The molecule has 1 heterocycles. The van der Waals surface area contributed by atoms with Gasteiger partial charge in [-0.1, -0.05) is 12.1 Å². The Labute approximate surface area is 186 Å². The number of hydrogen-bond donors (Lipinski definition) is 2. The van der Waals surface area contributed by atoms with Crippen molar-refractivity contribution in [2.75, 3.05) is 38.0 Å². The third-order valence-corrected chi connectivity index (χ3v) is 6.69. The second-order valence-electron chi connectivity index (χ2n) is 9.24. The van der Waals surface area contributed by atoms with Gasteiger partial charge in [-0.05, 0) is 81.5 Å². The van der Waals surface area contributed by atoms with E-state index in [1.165, 1.54) is 55.3 Å². The summed E-state index contributed by atoms with van der Waals surface area (Å²) >= 11 is 0. The number of methoxy groups -OCH3 is 1. The largest absolute Gasteiger partial charge is 0.497 e. The van der Waals surface area contributed by atoms with Crippen LogP contribution in [0.4, 0.5) is 11.8 Å². The molecule has 168 valence electrons. The van der Waals surface area contributed by atoms with Crippen LogP contribution in [0.2, 0.25) is 0 Å². The molecular formula is C25H37N5O. The molecule has 2 aromatic rings. The molecule has 0 unspecified atom stereocenters. The SMILES string of the molecule is COc1ccc(CNCC2CCC(Nc3nc4c(c(N(C)C)n3)CCCC4)CC2)cc1. The van der Waals surface area contributed by atoms with Gasteiger partial charge < -0.3 is 20.3 Å². The molecule has 6 nitrogen and oxygen atoms in total. The minimum atomic E-state index is 0.481. The number of fused-ring (bicyclic) bond motifs is 1. The minimum Gasteiger partial charge on any atom is -0.497 e. The smallest absolute Gasteiger partial charge is 0.225 e. The summed E-state index contributed by atoms with van der Waals surface area (Å²) in [6.45, 7) is 2.00. The van der Waals surface area contributed by atoms with E-state index in [1.807, 2.05) is 12.1 Å². The lowest BCUT2D eigenvalue weighted by molar-refractivity contribution is 0.323. The maximum atomic E-state index is 5.23. The summed E-state index contributed by atoms with van der Waals surface area (Å²) in [7, 11) is 5.88. The molecule has 0 atom stereocenters. The average Bonchev–Trinajstić information content (AvgIpc) is 2.80. The molecule has 1 fully saturated rings. The second-order valence-corrected chi connectivity index (χ2v) is 9.24. The molecule has 0 radical (unpaired) electrons. The lowest BCUT2D eigenvalue weighted by Crippen LogP contribution is -2.32. The third-order valence-electron chi connectivity index (χ3n) is 6.69. The summed E-state index contributed by atoms with van der Waals surface area (Å²) in [4.78, 5) is 11.9. The van der Waals surface area contributed by atoms with Crippen molar-refractivity contribution in [1.29, 1.82) is 0 Å². The Bertz CT molecular complexity index is 844. The molecule has 2 aliphatic rings. The minimum absolute atomic E-state index is 0.481. The van der Waals surface area contributed by atoms with Gasteiger partial charge in [0.15, 0.2) is 0 Å². The first-order valence-electron chi connectivity index (χ1n) is 11.8. The zero-order valence-electron chi connectivity index (χ0n) is 19.3. The number of benzene rings is 1. The van der Waals surface area contributed by atoms with E-state index in [0.29, 0.717) is 6.04 Å². The first-order chi connectivity index (χ1) is 15.1. The van der Waals surface area contributed by atoms with Crippen molar-refractivity contribution in [2.24, 2.45) is 5.92 Å². The van der Waals surface area contributed by atoms with Crippen molar-refractivity contribution in [2.45, 2.75) is 64.0 Å². The molecule has 31 heavy (non-hydrogen) atoms. The van der Waals surface area contributed by atoms with Gasteiger partial charge >= 0.3 is 0 Å². The highest BCUT2D eigenvalue weighted by molar-refractivity contribution is 5.52. The van der Waals surface area contributed by atoms with Crippen molar-refractivity contribution in [3.8, 4) is 5.75 Å². The number of aromatic nitrogens is 2. The van der Waals surface area contributed by atoms with Gasteiger partial charge in [-0.25, -0.2) is 4.98 Å². The number of ether oxygens (including phenoxy) is 1. The highest BCUT2D eigenvalue weighted by atomic mass is 16.5. The highest BCUT2D eigenvalue weighted by Crippen LogP contribution is 2.30. The molecule has 1 saturated carbocycles. The number of rotatable bonds is 8. The molecule has 0 saturated heterocycles. The van der Waals surface area contributed by atoms with Gasteiger partial charge in [0.05, 0.1) is 12.8 Å². The van der Waals surface area contributed by atoms with Crippen LogP contribution in [0.1, 0.15) is 55.3 Å². The fourth-order valence-corrected chi connectivity index (χ4v) is 4.87. The van der Waals surface area contributed by atoms with Gasteiger partial charge in [-0.2, -0.15) is 4.98 Å². The maximum Gasteiger partial charge on any atom is 0.225 e. The molecule has 2 aliphatic carbocycles. The van der Waals surface area contributed by atoms with Crippen LogP contribution in [0.5, 0.6) is 5.75 Å². The Morgan fingerprint density at radius 1 is 1.00 bits per heavy atom. The van der Waals surface area contributed by atoms with Crippen LogP contribution in [0.3, 0.4) is 0 Å². The third kappa shape index (κ3) is 5.67. The van der Waals surface area contributed by atoms with Crippen LogP contribution in [-0.2, 0) is 19.4 Å². The topological polar surface area (TPSA) is 62.3 Å². The molecule has 0 bridgehead atoms. The molecule has 6 heteroatoms. The molecule has 0 spiro atoms. The van der Waals surface area contributed by atoms with Gasteiger partial charge in [0.25, 0.3) is 0 Å². The van der Waals surface area contributed by atoms with Gasteiger partial charge in [0.2, 0.25) is 5.95 Å². The first kappa shape index (κ1) is 21.9. The van der Waals surface area contributed by atoms with E-state index in [2.05, 4.69) is 41.8 Å². The molecule has 4 rings (SSSR count). The summed E-state index contributed by atoms with van der Waals surface area (Å²) < 4.78 is 5.23. The number of aryl methyl sites for hydroxylation is 1. The molecule has 1 aromatic carbocycles. The van der Waals surface area contributed by atoms with Crippen LogP contribution in [0.15, 0.2) is 24.3 Å². The van der Waals surface area contributed by atoms with Gasteiger partial charge in [0.1, 0.15) is 11.6 Å². The summed E-state index contributed by atoms with van der Waals surface area (Å²) in [6.07, 6.45) is 9.56. The van der Waals surface area contributed by atoms with E-state index in [9.17, 15) is 0 Å². The summed E-state index contributed by atoms with van der Waals surface area (Å²) in [5, 5.41) is 7.29. The maximum absolute atomic E-state index is 5.23. The molecule has 1 aromatic heterocycles. The Balaban J connectivity index is 1.25. The van der Waals surface area contributed by atoms with Gasteiger partial charge in [-0.3, -0.25) is 0 Å². The van der Waals surface area contributed by atoms with Crippen LogP contribution in [0, 0.1) is 5.92 Å². The van der Waals surface area contributed by atoms with Crippen LogP contribution < -0.4 is 20.3 Å². The van der Waals surface area contributed by atoms with E-state index in [-0.39, 0.29) is 0 Å². The van der Waals surface area contributed by atoms with E-state index in [0.717, 1.165) is 49.4 Å². The Hall–Kier alpha value is -2.34. The number of nitrogens with one attached hydrogen (secondary N) is 2. The average molecular weight is 424 g/mol. The predicted octanol–water partition coefficient (Wildman–Crippen LogP) is 4.19. The Morgan fingerprint density at radius 2 is 1.74 bits per heavy atom. The normalized spacial score (nSPS) is 20.7. The van der Waals surface area contributed by atoms with Crippen molar-refractivity contribution >= 4 is 11.8 Å². The lowest BCUT2D eigenvalue weighted by Gasteiger charge is -2.30. The van der Waals surface area contributed by atoms with E-state index in [4.69, 9.17) is 14.7 Å².